The summed E-state index contributed by atoms with van der Waals surface area (Å²) in [4.78, 5) is 46.5. The summed E-state index contributed by atoms with van der Waals surface area (Å²) in [7, 11) is 0. The maximum Gasteiger partial charge on any atom is 0.342 e. The van der Waals surface area contributed by atoms with Gasteiger partial charge < -0.3 is 15.6 Å². The average molecular weight is 305 g/mol. The van der Waals surface area contributed by atoms with Gasteiger partial charge in [0.15, 0.2) is 6.61 Å². The van der Waals surface area contributed by atoms with Gasteiger partial charge in [0.2, 0.25) is 0 Å². The Kier molecular flexibility index (Phi) is 4.07. The number of aromatic carboxylic acids is 1. The van der Waals surface area contributed by atoms with Crippen molar-refractivity contribution in [2.75, 3.05) is 6.61 Å². The third-order valence-electron chi connectivity index (χ3n) is 2.67. The van der Waals surface area contributed by atoms with E-state index >= 15 is 0 Å². The molecule has 9 heteroatoms. The van der Waals surface area contributed by atoms with Gasteiger partial charge >= 0.3 is 11.7 Å². The molecule has 0 fully saturated rings. The number of nitrogens with zero attached hydrogens (tertiary/aromatic N) is 1. The fourth-order valence-corrected chi connectivity index (χ4v) is 1.67. The lowest BCUT2D eigenvalue weighted by Gasteiger charge is -2.08. The van der Waals surface area contributed by atoms with E-state index in [-0.39, 0.29) is 6.61 Å². The van der Waals surface area contributed by atoms with Gasteiger partial charge in [0.25, 0.3) is 11.5 Å². The molecule has 0 aliphatic carbocycles. The summed E-state index contributed by atoms with van der Waals surface area (Å²) in [5.74, 6) is -1.73. The van der Waals surface area contributed by atoms with E-state index in [0.29, 0.717) is 11.4 Å². The van der Waals surface area contributed by atoms with Gasteiger partial charge in [-0.15, -0.1) is 0 Å². The van der Waals surface area contributed by atoms with Crippen LogP contribution < -0.4 is 21.7 Å². The monoisotopic (exact) mass is 305 g/mol. The molecule has 9 nitrogen and oxygen atoms in total. The number of hydrogen-bond acceptors (Lipinski definition) is 5. The molecule has 0 saturated carbocycles. The van der Waals surface area contributed by atoms with Crippen LogP contribution in [0.15, 0.2) is 40.1 Å². The fraction of sp³-hybridized carbons (Fsp3) is 0.0769. The van der Waals surface area contributed by atoms with E-state index in [4.69, 9.17) is 15.6 Å². The molecule has 1 amide bonds. The lowest BCUT2D eigenvalue weighted by atomic mass is 10.3. The Balaban J connectivity index is 2.38. The molecule has 0 saturated heterocycles. The predicted octanol–water partition coefficient (Wildman–Crippen LogP) is -0.912. The Morgan fingerprint density at radius 2 is 1.86 bits per heavy atom. The number of rotatable bonds is 5. The number of ether oxygens (including phenoxy) is 1. The molecule has 0 spiro atoms. The van der Waals surface area contributed by atoms with E-state index in [9.17, 15) is 19.2 Å². The van der Waals surface area contributed by atoms with Crippen LogP contribution in [0.2, 0.25) is 0 Å². The summed E-state index contributed by atoms with van der Waals surface area (Å²) in [6.07, 6.45) is 0.933. The number of H-pyrrole nitrogens is 1. The van der Waals surface area contributed by atoms with Crippen LogP contribution in [0.25, 0.3) is 5.69 Å². The van der Waals surface area contributed by atoms with Crippen molar-refractivity contribution in [1.29, 1.82) is 0 Å². The van der Waals surface area contributed by atoms with Crippen LogP contribution in [-0.4, -0.2) is 33.1 Å². The van der Waals surface area contributed by atoms with Crippen LogP contribution >= 0.6 is 0 Å². The first-order chi connectivity index (χ1) is 10.4. The summed E-state index contributed by atoms with van der Waals surface area (Å²) in [6, 6.07) is 5.86. The molecule has 2 rings (SSSR count). The van der Waals surface area contributed by atoms with Crippen LogP contribution in [0.4, 0.5) is 0 Å². The van der Waals surface area contributed by atoms with Crippen LogP contribution in [0.3, 0.4) is 0 Å². The number of carbonyl (C=O) groups is 2. The van der Waals surface area contributed by atoms with Gasteiger partial charge in [0.1, 0.15) is 11.3 Å². The third-order valence-corrected chi connectivity index (χ3v) is 2.67. The molecule has 0 atom stereocenters. The van der Waals surface area contributed by atoms with Crippen molar-refractivity contribution in [3.63, 3.8) is 0 Å². The van der Waals surface area contributed by atoms with Gasteiger partial charge in [0, 0.05) is 6.20 Å². The van der Waals surface area contributed by atoms with Crippen molar-refractivity contribution in [2.24, 2.45) is 5.73 Å². The van der Waals surface area contributed by atoms with Crippen molar-refractivity contribution < 1.29 is 19.4 Å². The Bertz CT molecular complexity index is 834. The second-order valence-electron chi connectivity index (χ2n) is 4.23. The van der Waals surface area contributed by atoms with Gasteiger partial charge in [-0.05, 0) is 24.3 Å². The lowest BCUT2D eigenvalue weighted by Crippen LogP contribution is -2.32. The smallest absolute Gasteiger partial charge is 0.342 e. The van der Waals surface area contributed by atoms with Crippen molar-refractivity contribution in [3.8, 4) is 11.4 Å². The number of aromatic nitrogens is 2. The summed E-state index contributed by atoms with van der Waals surface area (Å²) in [5, 5.41) is 8.89. The topological polar surface area (TPSA) is 144 Å². The minimum atomic E-state index is -1.45. The van der Waals surface area contributed by atoms with E-state index in [1.54, 1.807) is 0 Å². The van der Waals surface area contributed by atoms with Gasteiger partial charge in [-0.25, -0.2) is 9.59 Å². The molecule has 4 N–H and O–H groups in total. The van der Waals surface area contributed by atoms with Crippen molar-refractivity contribution in [3.05, 3.63) is 56.9 Å². The Labute approximate surface area is 122 Å². The zero-order valence-electron chi connectivity index (χ0n) is 11.1. The van der Waals surface area contributed by atoms with E-state index in [1.165, 1.54) is 24.3 Å². The second-order valence-corrected chi connectivity index (χ2v) is 4.23. The predicted molar refractivity (Wildman–Crippen MR) is 74.3 cm³/mol. The van der Waals surface area contributed by atoms with Crippen molar-refractivity contribution in [1.82, 2.24) is 9.55 Å². The highest BCUT2D eigenvalue weighted by molar-refractivity contribution is 5.86. The molecule has 0 bridgehead atoms. The normalized spacial score (nSPS) is 10.2. The van der Waals surface area contributed by atoms with Crippen LogP contribution in [0, 0.1) is 0 Å². The number of hydrogen-bond donors (Lipinski definition) is 3. The number of nitrogens with two attached hydrogens (primary N) is 1. The van der Waals surface area contributed by atoms with Crippen LogP contribution in [-0.2, 0) is 4.79 Å². The number of primary amides is 1. The first-order valence-electron chi connectivity index (χ1n) is 5.99. The summed E-state index contributed by atoms with van der Waals surface area (Å²) in [5.41, 5.74) is 2.94. The number of aromatic amines is 1. The minimum Gasteiger partial charge on any atom is -0.484 e. The highest BCUT2D eigenvalue weighted by Gasteiger charge is 2.12. The van der Waals surface area contributed by atoms with Crippen LogP contribution in [0.5, 0.6) is 5.75 Å². The lowest BCUT2D eigenvalue weighted by molar-refractivity contribution is -0.119. The molecule has 22 heavy (non-hydrogen) atoms. The van der Waals surface area contributed by atoms with Gasteiger partial charge in [-0.3, -0.25) is 19.1 Å². The first kappa shape index (κ1) is 15.0. The molecule has 0 aliphatic rings. The molecule has 1 heterocycles. The maximum absolute atomic E-state index is 11.7. The van der Waals surface area contributed by atoms with Crippen LogP contribution in [0.1, 0.15) is 10.4 Å². The number of carboxylic acid groups (broad SMARTS) is 1. The van der Waals surface area contributed by atoms with Crippen molar-refractivity contribution in [2.45, 2.75) is 0 Å². The van der Waals surface area contributed by atoms with E-state index in [1.807, 2.05) is 4.98 Å². The molecule has 0 aliphatic heterocycles. The number of carbonyl (C=O) groups excluding carboxylic acids is 1. The Hall–Kier alpha value is -3.36. The number of carboxylic acids is 1. The summed E-state index contributed by atoms with van der Waals surface area (Å²) < 4.78 is 6.03. The standard InChI is InChI=1S/C13H11N3O6/c14-10(17)6-22-8-3-1-7(2-4-8)16-5-9(12(19)20)11(18)15-13(16)21/h1-5H,6H2,(H2,14,17)(H,19,20)(H,15,18,21). The zero-order chi connectivity index (χ0) is 16.3. The Morgan fingerprint density at radius 1 is 1.23 bits per heavy atom. The summed E-state index contributed by atoms with van der Waals surface area (Å²) in [6.45, 7) is -0.291. The quantitative estimate of drug-likeness (QED) is 0.652. The van der Waals surface area contributed by atoms with E-state index < -0.39 is 28.7 Å². The van der Waals surface area contributed by atoms with Gasteiger partial charge in [-0.2, -0.15) is 0 Å². The third kappa shape index (κ3) is 3.20. The molecular weight excluding hydrogens is 294 g/mol. The molecular formula is C13H11N3O6. The highest BCUT2D eigenvalue weighted by Crippen LogP contribution is 2.14. The molecule has 114 valence electrons. The average Bonchev–Trinajstić information content (AvgIpc) is 2.45. The largest absolute Gasteiger partial charge is 0.484 e. The maximum atomic E-state index is 11.7. The Morgan fingerprint density at radius 3 is 2.41 bits per heavy atom. The molecule has 2 aromatic rings. The molecule has 1 aromatic carbocycles. The van der Waals surface area contributed by atoms with E-state index in [2.05, 4.69) is 0 Å². The highest BCUT2D eigenvalue weighted by atomic mass is 16.5. The number of benzene rings is 1. The summed E-state index contributed by atoms with van der Waals surface area (Å²) >= 11 is 0. The number of nitrogens with one attached hydrogen (secondary N) is 1. The minimum absolute atomic E-state index is 0.291. The fourth-order valence-electron chi connectivity index (χ4n) is 1.67. The van der Waals surface area contributed by atoms with Gasteiger partial charge in [-0.1, -0.05) is 0 Å². The molecule has 1 aromatic heterocycles. The molecule has 0 radical (unpaired) electrons. The zero-order valence-corrected chi connectivity index (χ0v) is 11.1. The second kappa shape index (κ2) is 5.95. The van der Waals surface area contributed by atoms with Crippen molar-refractivity contribution >= 4 is 11.9 Å². The molecule has 0 unspecified atom stereocenters. The SMILES string of the molecule is NC(=O)COc1ccc(-n2cc(C(=O)O)c(=O)[nH]c2=O)cc1. The number of amides is 1. The van der Waals surface area contributed by atoms with Gasteiger partial charge in [0.05, 0.1) is 5.69 Å². The van der Waals surface area contributed by atoms with E-state index in [0.717, 1.165) is 10.8 Å². The first-order valence-corrected chi connectivity index (χ1v) is 5.99.